The molecule has 112 valence electrons. The predicted molar refractivity (Wildman–Crippen MR) is 101 cm³/mol. The third-order valence-corrected chi connectivity index (χ3v) is 4.32. The molecule has 0 aliphatic carbocycles. The van der Waals surface area contributed by atoms with Gasteiger partial charge in [0.05, 0.1) is 11.6 Å². The molecule has 0 bridgehead atoms. The van der Waals surface area contributed by atoms with Gasteiger partial charge in [-0.15, -0.1) is 0 Å². The molecule has 0 radical (unpaired) electrons. The molecule has 0 aliphatic heterocycles. The van der Waals surface area contributed by atoms with E-state index in [9.17, 15) is 5.26 Å². The van der Waals surface area contributed by atoms with Crippen LogP contribution in [-0.2, 0) is 0 Å². The highest BCUT2D eigenvalue weighted by Gasteiger charge is 2.07. The zero-order valence-electron chi connectivity index (χ0n) is 13.1. The Morgan fingerprint density at radius 3 is 2.00 bits per heavy atom. The van der Waals surface area contributed by atoms with Gasteiger partial charge in [0.1, 0.15) is 0 Å². The molecule has 4 aromatic carbocycles. The van der Waals surface area contributed by atoms with Crippen LogP contribution in [-0.4, -0.2) is 0 Å². The number of nitrogens with zero attached hydrogens (tertiary/aromatic N) is 1. The van der Waals surface area contributed by atoms with E-state index >= 15 is 0 Å². The molecule has 0 spiro atoms. The van der Waals surface area contributed by atoms with Gasteiger partial charge < -0.3 is 0 Å². The van der Waals surface area contributed by atoms with Crippen LogP contribution in [0.25, 0.3) is 33.2 Å². The Morgan fingerprint density at radius 2 is 1.25 bits per heavy atom. The zero-order chi connectivity index (χ0) is 16.4. The van der Waals surface area contributed by atoms with Crippen LogP contribution in [0.4, 0.5) is 0 Å². The SMILES string of the molecule is N#C/C(=C/c1cccc2ccccc12)c1cccc2ccccc12. The van der Waals surface area contributed by atoms with Gasteiger partial charge in [0.2, 0.25) is 0 Å². The number of allylic oxidation sites excluding steroid dienone is 1. The molecule has 0 saturated heterocycles. The number of rotatable bonds is 2. The first-order valence-electron chi connectivity index (χ1n) is 7.94. The van der Waals surface area contributed by atoms with Crippen molar-refractivity contribution >= 4 is 33.2 Å². The van der Waals surface area contributed by atoms with Crippen molar-refractivity contribution < 1.29 is 0 Å². The highest BCUT2D eigenvalue weighted by Crippen LogP contribution is 2.28. The number of benzene rings is 4. The summed E-state index contributed by atoms with van der Waals surface area (Å²) >= 11 is 0. The molecule has 0 heterocycles. The summed E-state index contributed by atoms with van der Waals surface area (Å²) < 4.78 is 0. The van der Waals surface area contributed by atoms with E-state index < -0.39 is 0 Å². The predicted octanol–water partition coefficient (Wildman–Crippen LogP) is 6.06. The van der Waals surface area contributed by atoms with E-state index in [-0.39, 0.29) is 0 Å². The van der Waals surface area contributed by atoms with Crippen molar-refractivity contribution in [2.45, 2.75) is 0 Å². The summed E-state index contributed by atoms with van der Waals surface area (Å²) in [5, 5.41) is 14.3. The third kappa shape index (κ3) is 2.45. The van der Waals surface area contributed by atoms with Crippen molar-refractivity contribution in [1.82, 2.24) is 0 Å². The first kappa shape index (κ1) is 14.2. The van der Waals surface area contributed by atoms with Gasteiger partial charge in [0.25, 0.3) is 0 Å². The average molecular weight is 305 g/mol. The van der Waals surface area contributed by atoms with Crippen LogP contribution < -0.4 is 0 Å². The fourth-order valence-electron chi connectivity index (χ4n) is 3.16. The number of nitriles is 1. The smallest absolute Gasteiger partial charge is 0.0998 e. The molecule has 0 atom stereocenters. The second-order valence-electron chi connectivity index (χ2n) is 5.76. The first-order chi connectivity index (χ1) is 11.9. The quantitative estimate of drug-likeness (QED) is 0.326. The van der Waals surface area contributed by atoms with E-state index in [0.29, 0.717) is 5.57 Å². The van der Waals surface area contributed by atoms with Crippen LogP contribution in [0.1, 0.15) is 11.1 Å². The summed E-state index contributed by atoms with van der Waals surface area (Å²) in [7, 11) is 0. The fraction of sp³-hybridized carbons (Fsp3) is 0. The van der Waals surface area contributed by atoms with Crippen molar-refractivity contribution in [3.05, 3.63) is 96.1 Å². The van der Waals surface area contributed by atoms with E-state index in [0.717, 1.165) is 27.3 Å². The topological polar surface area (TPSA) is 23.8 Å². The van der Waals surface area contributed by atoms with Crippen molar-refractivity contribution in [3.63, 3.8) is 0 Å². The van der Waals surface area contributed by atoms with Gasteiger partial charge in [0, 0.05) is 5.56 Å². The number of fused-ring (bicyclic) bond motifs is 2. The molecule has 0 N–H and O–H groups in total. The summed E-state index contributed by atoms with van der Waals surface area (Å²) in [6, 6.07) is 31.1. The van der Waals surface area contributed by atoms with Gasteiger partial charge in [-0.3, -0.25) is 0 Å². The van der Waals surface area contributed by atoms with E-state index in [1.165, 1.54) is 5.39 Å². The van der Waals surface area contributed by atoms with Gasteiger partial charge in [0.15, 0.2) is 0 Å². The van der Waals surface area contributed by atoms with E-state index in [2.05, 4.69) is 48.5 Å². The lowest BCUT2D eigenvalue weighted by Gasteiger charge is -2.07. The maximum absolute atomic E-state index is 9.75. The van der Waals surface area contributed by atoms with Crippen molar-refractivity contribution in [2.75, 3.05) is 0 Å². The number of hydrogen-bond acceptors (Lipinski definition) is 1. The minimum atomic E-state index is 0.683. The largest absolute Gasteiger partial charge is 0.192 e. The molecule has 0 amide bonds. The first-order valence-corrected chi connectivity index (χ1v) is 7.94. The lowest BCUT2D eigenvalue weighted by Crippen LogP contribution is -1.86. The Hall–Kier alpha value is -3.37. The molecule has 0 fully saturated rings. The fourth-order valence-corrected chi connectivity index (χ4v) is 3.16. The average Bonchev–Trinajstić information content (AvgIpc) is 2.66. The molecule has 1 heteroatoms. The second kappa shape index (κ2) is 6.02. The van der Waals surface area contributed by atoms with Gasteiger partial charge in [-0.05, 0) is 33.2 Å². The van der Waals surface area contributed by atoms with Crippen LogP contribution >= 0.6 is 0 Å². The summed E-state index contributed by atoms with van der Waals surface area (Å²) in [6.07, 6.45) is 1.99. The summed E-state index contributed by atoms with van der Waals surface area (Å²) in [5.41, 5.74) is 2.73. The van der Waals surface area contributed by atoms with Crippen molar-refractivity contribution in [1.29, 1.82) is 5.26 Å². The molecule has 0 unspecified atom stereocenters. The standard InChI is InChI=1S/C23H15N/c24-16-20(23-14-6-10-18-8-2-4-13-22(18)23)15-19-11-5-9-17-7-1-3-12-21(17)19/h1-15H/b20-15-. The molecule has 4 rings (SSSR count). The van der Waals surface area contributed by atoms with Crippen LogP contribution in [0, 0.1) is 11.3 Å². The monoisotopic (exact) mass is 305 g/mol. The van der Waals surface area contributed by atoms with Crippen LogP contribution in [0.15, 0.2) is 84.9 Å². The van der Waals surface area contributed by atoms with Crippen molar-refractivity contribution in [3.8, 4) is 6.07 Å². The molecule has 0 saturated carbocycles. The minimum absolute atomic E-state index is 0.683. The maximum Gasteiger partial charge on any atom is 0.0998 e. The molecule has 0 aliphatic rings. The zero-order valence-corrected chi connectivity index (χ0v) is 13.1. The lowest BCUT2D eigenvalue weighted by molar-refractivity contribution is 1.53. The molecular weight excluding hydrogens is 290 g/mol. The molecule has 4 aromatic rings. The van der Waals surface area contributed by atoms with Crippen LogP contribution in [0.5, 0.6) is 0 Å². The van der Waals surface area contributed by atoms with E-state index in [1.807, 2.05) is 48.5 Å². The van der Waals surface area contributed by atoms with E-state index in [1.54, 1.807) is 0 Å². The van der Waals surface area contributed by atoms with Crippen LogP contribution in [0.3, 0.4) is 0 Å². The van der Waals surface area contributed by atoms with Gasteiger partial charge in [-0.25, -0.2) is 0 Å². The van der Waals surface area contributed by atoms with Crippen molar-refractivity contribution in [2.24, 2.45) is 0 Å². The Bertz CT molecular complexity index is 1100. The van der Waals surface area contributed by atoms with Gasteiger partial charge >= 0.3 is 0 Å². The number of hydrogen-bond donors (Lipinski definition) is 0. The third-order valence-electron chi connectivity index (χ3n) is 4.32. The molecular formula is C23H15N. The minimum Gasteiger partial charge on any atom is -0.192 e. The van der Waals surface area contributed by atoms with E-state index in [4.69, 9.17) is 0 Å². The highest BCUT2D eigenvalue weighted by atomic mass is 14.3. The molecule has 24 heavy (non-hydrogen) atoms. The highest BCUT2D eigenvalue weighted by molar-refractivity contribution is 6.04. The lowest BCUT2D eigenvalue weighted by atomic mass is 9.96. The van der Waals surface area contributed by atoms with Gasteiger partial charge in [-0.2, -0.15) is 5.26 Å². The Labute approximate surface area is 141 Å². The molecule has 1 nitrogen and oxygen atoms in total. The molecule has 0 aromatic heterocycles. The second-order valence-corrected chi connectivity index (χ2v) is 5.76. The van der Waals surface area contributed by atoms with Gasteiger partial charge in [-0.1, -0.05) is 84.9 Å². The summed E-state index contributed by atoms with van der Waals surface area (Å²) in [6.45, 7) is 0. The van der Waals surface area contributed by atoms with Crippen LogP contribution in [0.2, 0.25) is 0 Å². The Balaban J connectivity index is 1.95. The maximum atomic E-state index is 9.75. The Kier molecular flexibility index (Phi) is 3.57. The summed E-state index contributed by atoms with van der Waals surface area (Å²) in [5.74, 6) is 0. The Morgan fingerprint density at radius 1 is 0.667 bits per heavy atom. The normalized spacial score (nSPS) is 11.5. The summed E-state index contributed by atoms with van der Waals surface area (Å²) in [4.78, 5) is 0.